The molecule has 0 amide bonds. The molecule has 0 atom stereocenters. The summed E-state index contributed by atoms with van der Waals surface area (Å²) in [5.74, 6) is 2.36. The summed E-state index contributed by atoms with van der Waals surface area (Å²) < 4.78 is 2.08. The summed E-state index contributed by atoms with van der Waals surface area (Å²) in [6.45, 7) is 1.99. The fraction of sp³-hybridized carbons (Fsp3) is 0.400. The van der Waals surface area contributed by atoms with E-state index in [9.17, 15) is 0 Å². The molecule has 0 saturated heterocycles. The smallest absolute Gasteiger partial charge is 0.149 e. The van der Waals surface area contributed by atoms with Crippen molar-refractivity contribution < 1.29 is 0 Å². The number of hydrogen-bond donors (Lipinski definition) is 1. The second-order valence-electron chi connectivity index (χ2n) is 3.86. The summed E-state index contributed by atoms with van der Waals surface area (Å²) in [6, 6.07) is 0. The Kier molecular flexibility index (Phi) is 1.37. The standard InChI is InChI=1S/C10H12N4/c1-6-8-9(11)12-4-5-14(8)10(13-6)7-2-3-7/h4-5,7H,2-3H2,1H3,(H2,11,12). The van der Waals surface area contributed by atoms with E-state index in [4.69, 9.17) is 5.73 Å². The van der Waals surface area contributed by atoms with E-state index >= 15 is 0 Å². The van der Waals surface area contributed by atoms with Crippen molar-refractivity contribution in [3.63, 3.8) is 0 Å². The highest BCUT2D eigenvalue weighted by atomic mass is 15.1. The summed E-state index contributed by atoms with van der Waals surface area (Å²) in [4.78, 5) is 8.63. The van der Waals surface area contributed by atoms with Crippen molar-refractivity contribution >= 4 is 11.3 Å². The van der Waals surface area contributed by atoms with Gasteiger partial charge in [0.25, 0.3) is 0 Å². The van der Waals surface area contributed by atoms with Crippen molar-refractivity contribution in [2.75, 3.05) is 5.73 Å². The van der Waals surface area contributed by atoms with Gasteiger partial charge in [0.05, 0.1) is 5.69 Å². The minimum Gasteiger partial charge on any atom is -0.382 e. The van der Waals surface area contributed by atoms with Gasteiger partial charge in [-0.2, -0.15) is 0 Å². The van der Waals surface area contributed by atoms with E-state index in [0.717, 1.165) is 17.0 Å². The van der Waals surface area contributed by atoms with Crippen molar-refractivity contribution in [3.8, 4) is 0 Å². The van der Waals surface area contributed by atoms with Crippen LogP contribution in [0.25, 0.3) is 5.52 Å². The number of hydrogen-bond acceptors (Lipinski definition) is 3. The predicted octanol–water partition coefficient (Wildman–Crippen LogP) is 1.50. The van der Waals surface area contributed by atoms with Crippen LogP contribution in [0.5, 0.6) is 0 Å². The molecule has 2 aromatic heterocycles. The quantitative estimate of drug-likeness (QED) is 0.737. The Bertz CT molecular complexity index is 496. The molecule has 0 radical (unpaired) electrons. The van der Waals surface area contributed by atoms with Gasteiger partial charge in [-0.25, -0.2) is 9.97 Å². The van der Waals surface area contributed by atoms with Crippen LogP contribution in [0.4, 0.5) is 5.82 Å². The SMILES string of the molecule is Cc1nc(C2CC2)n2ccnc(N)c12. The van der Waals surface area contributed by atoms with Gasteiger partial charge in [0.1, 0.15) is 17.2 Å². The van der Waals surface area contributed by atoms with E-state index in [0.29, 0.717) is 11.7 Å². The summed E-state index contributed by atoms with van der Waals surface area (Å²) in [7, 11) is 0. The number of aryl methyl sites for hydroxylation is 1. The maximum atomic E-state index is 5.82. The van der Waals surface area contributed by atoms with E-state index in [1.165, 1.54) is 12.8 Å². The van der Waals surface area contributed by atoms with E-state index < -0.39 is 0 Å². The Morgan fingerprint density at radius 1 is 1.50 bits per heavy atom. The number of nitrogen functional groups attached to an aromatic ring is 1. The average Bonchev–Trinajstić information content (AvgIpc) is 2.93. The van der Waals surface area contributed by atoms with Crippen LogP contribution in [0.15, 0.2) is 12.4 Å². The van der Waals surface area contributed by atoms with Gasteiger partial charge < -0.3 is 5.73 Å². The van der Waals surface area contributed by atoms with Gasteiger partial charge >= 0.3 is 0 Å². The molecule has 2 heterocycles. The van der Waals surface area contributed by atoms with E-state index in [-0.39, 0.29) is 0 Å². The van der Waals surface area contributed by atoms with Crippen molar-refractivity contribution in [3.05, 3.63) is 23.9 Å². The number of aromatic nitrogens is 3. The zero-order chi connectivity index (χ0) is 9.71. The molecule has 0 aromatic carbocycles. The molecule has 1 fully saturated rings. The van der Waals surface area contributed by atoms with Crippen LogP contribution in [0, 0.1) is 6.92 Å². The Labute approximate surface area is 81.8 Å². The highest BCUT2D eigenvalue weighted by Gasteiger charge is 2.28. The maximum Gasteiger partial charge on any atom is 0.149 e. The van der Waals surface area contributed by atoms with Crippen LogP contribution in [0.1, 0.15) is 30.3 Å². The molecule has 1 aliphatic rings. The Balaban J connectivity index is 2.37. The van der Waals surface area contributed by atoms with Crippen LogP contribution in [-0.4, -0.2) is 14.4 Å². The van der Waals surface area contributed by atoms with Crippen molar-refractivity contribution in [1.82, 2.24) is 14.4 Å². The zero-order valence-electron chi connectivity index (χ0n) is 8.07. The zero-order valence-corrected chi connectivity index (χ0v) is 8.07. The summed E-state index contributed by atoms with van der Waals surface area (Å²) in [6.07, 6.45) is 6.18. The second kappa shape index (κ2) is 2.47. The monoisotopic (exact) mass is 188 g/mol. The van der Waals surface area contributed by atoms with Gasteiger partial charge in [0.2, 0.25) is 0 Å². The third-order valence-corrected chi connectivity index (χ3v) is 2.73. The minimum absolute atomic E-state index is 0.574. The number of fused-ring (bicyclic) bond motifs is 1. The second-order valence-corrected chi connectivity index (χ2v) is 3.86. The number of imidazole rings is 1. The van der Waals surface area contributed by atoms with E-state index in [2.05, 4.69) is 14.4 Å². The summed E-state index contributed by atoms with van der Waals surface area (Å²) in [5.41, 5.74) is 7.77. The first-order valence-corrected chi connectivity index (χ1v) is 4.86. The summed E-state index contributed by atoms with van der Waals surface area (Å²) >= 11 is 0. The molecule has 0 aliphatic heterocycles. The topological polar surface area (TPSA) is 56.2 Å². The van der Waals surface area contributed by atoms with E-state index in [1.807, 2.05) is 13.1 Å². The molecule has 0 spiro atoms. The highest BCUT2D eigenvalue weighted by Crippen LogP contribution is 2.40. The lowest BCUT2D eigenvalue weighted by molar-refractivity contribution is 0.912. The summed E-state index contributed by atoms with van der Waals surface area (Å²) in [5, 5.41) is 0. The van der Waals surface area contributed by atoms with Crippen molar-refractivity contribution in [1.29, 1.82) is 0 Å². The van der Waals surface area contributed by atoms with Gasteiger partial charge in [0, 0.05) is 18.3 Å². The molecule has 1 aliphatic carbocycles. The third-order valence-electron chi connectivity index (χ3n) is 2.73. The first-order valence-electron chi connectivity index (χ1n) is 4.86. The number of anilines is 1. The highest BCUT2D eigenvalue weighted by molar-refractivity contribution is 5.68. The lowest BCUT2D eigenvalue weighted by Gasteiger charge is -1.99. The normalized spacial score (nSPS) is 16.4. The maximum absolute atomic E-state index is 5.82. The lowest BCUT2D eigenvalue weighted by Crippen LogP contribution is -1.97. The molecule has 4 heteroatoms. The van der Waals surface area contributed by atoms with Crippen LogP contribution >= 0.6 is 0 Å². The third kappa shape index (κ3) is 0.937. The molecule has 1 saturated carbocycles. The molecule has 0 unspecified atom stereocenters. The molecule has 2 N–H and O–H groups in total. The molecule has 14 heavy (non-hydrogen) atoms. The van der Waals surface area contributed by atoms with Gasteiger partial charge in [-0.15, -0.1) is 0 Å². The lowest BCUT2D eigenvalue weighted by atomic mass is 10.4. The Morgan fingerprint density at radius 2 is 2.29 bits per heavy atom. The number of nitrogens with two attached hydrogens (primary N) is 1. The van der Waals surface area contributed by atoms with Crippen LogP contribution in [-0.2, 0) is 0 Å². The van der Waals surface area contributed by atoms with Gasteiger partial charge in [-0.05, 0) is 19.8 Å². The largest absolute Gasteiger partial charge is 0.382 e. The number of rotatable bonds is 1. The van der Waals surface area contributed by atoms with Gasteiger partial charge in [-0.3, -0.25) is 4.40 Å². The van der Waals surface area contributed by atoms with Crippen LogP contribution in [0.3, 0.4) is 0 Å². The number of nitrogens with zero attached hydrogens (tertiary/aromatic N) is 3. The van der Waals surface area contributed by atoms with Gasteiger partial charge in [0.15, 0.2) is 0 Å². The molecule has 0 bridgehead atoms. The van der Waals surface area contributed by atoms with E-state index in [1.54, 1.807) is 6.20 Å². The molecule has 72 valence electrons. The first kappa shape index (κ1) is 7.79. The molecular weight excluding hydrogens is 176 g/mol. The fourth-order valence-corrected chi connectivity index (χ4v) is 1.90. The van der Waals surface area contributed by atoms with Crippen molar-refractivity contribution in [2.45, 2.75) is 25.7 Å². The fourth-order valence-electron chi connectivity index (χ4n) is 1.90. The van der Waals surface area contributed by atoms with Crippen LogP contribution in [0.2, 0.25) is 0 Å². The predicted molar refractivity (Wildman–Crippen MR) is 54.1 cm³/mol. The molecule has 3 rings (SSSR count). The molecule has 2 aromatic rings. The van der Waals surface area contributed by atoms with Crippen LogP contribution < -0.4 is 5.73 Å². The van der Waals surface area contributed by atoms with Crippen molar-refractivity contribution in [2.24, 2.45) is 0 Å². The molecule has 4 nitrogen and oxygen atoms in total. The average molecular weight is 188 g/mol. The Morgan fingerprint density at radius 3 is 3.00 bits per heavy atom. The van der Waals surface area contributed by atoms with Gasteiger partial charge in [-0.1, -0.05) is 0 Å². The Hall–Kier alpha value is -1.58. The molecular formula is C10H12N4. The first-order chi connectivity index (χ1) is 6.77. The minimum atomic E-state index is 0.574.